The fourth-order valence-corrected chi connectivity index (χ4v) is 3.51. The molecule has 0 aliphatic carbocycles. The molecule has 0 aromatic heterocycles. The summed E-state index contributed by atoms with van der Waals surface area (Å²) in [5.41, 5.74) is 6.27. The van der Waals surface area contributed by atoms with Gasteiger partial charge in [-0.2, -0.15) is 0 Å². The zero-order valence-corrected chi connectivity index (χ0v) is 20.4. The Kier molecular flexibility index (Phi) is 11.2. The van der Waals surface area contributed by atoms with Gasteiger partial charge in [-0.15, -0.1) is 0 Å². The number of methoxy groups -OCH3 is 4. The molecule has 30 heavy (non-hydrogen) atoms. The highest BCUT2D eigenvalue weighted by Gasteiger charge is 2.24. The molecule has 0 aliphatic rings. The zero-order valence-electron chi connectivity index (χ0n) is 20.4. The monoisotopic (exact) mass is 416 g/mol. The van der Waals surface area contributed by atoms with Crippen molar-refractivity contribution in [3.8, 4) is 23.0 Å². The summed E-state index contributed by atoms with van der Waals surface area (Å²) in [7, 11) is 6.53. The highest BCUT2D eigenvalue weighted by atomic mass is 16.5. The lowest BCUT2D eigenvalue weighted by Crippen LogP contribution is -2.04. The molecule has 0 fully saturated rings. The summed E-state index contributed by atoms with van der Waals surface area (Å²) in [5.74, 6) is 2.52. The van der Waals surface area contributed by atoms with Crippen LogP contribution in [0.4, 0.5) is 0 Å². The van der Waals surface area contributed by atoms with Crippen LogP contribution in [0.5, 0.6) is 23.0 Å². The summed E-state index contributed by atoms with van der Waals surface area (Å²) in [6.45, 7) is 10.7. The van der Waals surface area contributed by atoms with Crippen LogP contribution >= 0.6 is 0 Å². The maximum Gasteiger partial charge on any atom is 0.207 e. The highest BCUT2D eigenvalue weighted by Crippen LogP contribution is 2.49. The van der Waals surface area contributed by atoms with Gasteiger partial charge in [-0.3, -0.25) is 0 Å². The summed E-state index contributed by atoms with van der Waals surface area (Å²) < 4.78 is 22.4. The van der Waals surface area contributed by atoms with Gasteiger partial charge in [0.1, 0.15) is 0 Å². The van der Waals surface area contributed by atoms with Gasteiger partial charge in [0.05, 0.1) is 28.4 Å². The number of hydrogen-bond acceptors (Lipinski definition) is 4. The van der Waals surface area contributed by atoms with Crippen molar-refractivity contribution in [1.29, 1.82) is 0 Å². The van der Waals surface area contributed by atoms with Crippen molar-refractivity contribution in [2.45, 2.75) is 66.7 Å². The SMILES string of the molecule is COc1c(C)c(C/C=C(/C)CC/C=C(\C)CCC=C(C)C)c(OC)c(OC)c1OC. The Morgan fingerprint density at radius 1 is 0.633 bits per heavy atom. The lowest BCUT2D eigenvalue weighted by atomic mass is 9.99. The van der Waals surface area contributed by atoms with Crippen molar-refractivity contribution < 1.29 is 18.9 Å². The fourth-order valence-electron chi connectivity index (χ4n) is 3.51. The van der Waals surface area contributed by atoms with Crippen molar-refractivity contribution in [2.24, 2.45) is 0 Å². The molecule has 0 aliphatic heterocycles. The van der Waals surface area contributed by atoms with Gasteiger partial charge in [0.15, 0.2) is 11.5 Å². The number of allylic oxidation sites excluding steroid dienone is 6. The molecule has 4 nitrogen and oxygen atoms in total. The van der Waals surface area contributed by atoms with E-state index < -0.39 is 0 Å². The minimum Gasteiger partial charge on any atom is -0.492 e. The van der Waals surface area contributed by atoms with Crippen LogP contribution < -0.4 is 18.9 Å². The van der Waals surface area contributed by atoms with E-state index in [1.807, 2.05) is 6.92 Å². The maximum absolute atomic E-state index is 5.69. The predicted octanol–water partition coefficient (Wildman–Crippen LogP) is 6.99. The van der Waals surface area contributed by atoms with Crippen molar-refractivity contribution in [2.75, 3.05) is 28.4 Å². The summed E-state index contributed by atoms with van der Waals surface area (Å²) in [6.07, 6.45) is 12.1. The van der Waals surface area contributed by atoms with Gasteiger partial charge in [-0.05, 0) is 66.7 Å². The lowest BCUT2D eigenvalue weighted by molar-refractivity contribution is 0.302. The third-order valence-electron chi connectivity index (χ3n) is 5.28. The average Bonchev–Trinajstić information content (AvgIpc) is 2.71. The zero-order chi connectivity index (χ0) is 22.7. The van der Waals surface area contributed by atoms with E-state index in [9.17, 15) is 0 Å². The molecular formula is C26H40O4. The number of rotatable bonds is 12. The van der Waals surface area contributed by atoms with E-state index in [2.05, 4.69) is 45.9 Å². The minimum absolute atomic E-state index is 0.563. The number of hydrogen-bond donors (Lipinski definition) is 0. The average molecular weight is 417 g/mol. The summed E-state index contributed by atoms with van der Waals surface area (Å²) >= 11 is 0. The van der Waals surface area contributed by atoms with E-state index in [0.29, 0.717) is 23.0 Å². The molecule has 0 heterocycles. The van der Waals surface area contributed by atoms with Crippen molar-refractivity contribution >= 4 is 0 Å². The van der Waals surface area contributed by atoms with Gasteiger partial charge in [0, 0.05) is 11.1 Å². The molecule has 0 radical (unpaired) electrons. The smallest absolute Gasteiger partial charge is 0.207 e. The van der Waals surface area contributed by atoms with Crippen LogP contribution in [0.3, 0.4) is 0 Å². The quantitative estimate of drug-likeness (QED) is 0.344. The Morgan fingerprint density at radius 2 is 1.10 bits per heavy atom. The highest BCUT2D eigenvalue weighted by molar-refractivity contribution is 5.67. The van der Waals surface area contributed by atoms with Crippen LogP contribution in [-0.2, 0) is 6.42 Å². The van der Waals surface area contributed by atoms with E-state index in [1.165, 1.54) is 16.7 Å². The Labute approximate surface area is 183 Å². The third kappa shape index (κ3) is 7.16. The summed E-state index contributed by atoms with van der Waals surface area (Å²) in [5, 5.41) is 0. The normalized spacial score (nSPS) is 11.9. The standard InChI is InChI=1S/C26H40O4/c1-18(2)12-10-13-19(3)14-11-15-20(4)16-17-22-21(5)23(27-6)25(29-8)26(30-9)24(22)28-7/h12,14,16H,10-11,13,15,17H2,1-9H3/b19-14+,20-16-. The minimum atomic E-state index is 0.563. The van der Waals surface area contributed by atoms with Crippen LogP contribution in [0.2, 0.25) is 0 Å². The molecule has 0 N–H and O–H groups in total. The third-order valence-corrected chi connectivity index (χ3v) is 5.28. The molecular weight excluding hydrogens is 376 g/mol. The molecule has 0 atom stereocenters. The largest absolute Gasteiger partial charge is 0.492 e. The molecule has 0 spiro atoms. The van der Waals surface area contributed by atoms with Gasteiger partial charge in [0.2, 0.25) is 11.5 Å². The second-order valence-electron chi connectivity index (χ2n) is 7.90. The van der Waals surface area contributed by atoms with E-state index in [0.717, 1.165) is 43.2 Å². The Balaban J connectivity index is 2.94. The lowest BCUT2D eigenvalue weighted by Gasteiger charge is -2.21. The van der Waals surface area contributed by atoms with E-state index in [4.69, 9.17) is 18.9 Å². The Hall–Kier alpha value is -2.36. The predicted molar refractivity (Wildman–Crippen MR) is 127 cm³/mol. The Morgan fingerprint density at radius 3 is 1.60 bits per heavy atom. The first kappa shape index (κ1) is 25.7. The molecule has 1 rings (SSSR count). The molecule has 0 bridgehead atoms. The van der Waals surface area contributed by atoms with Gasteiger partial charge in [-0.25, -0.2) is 0 Å². The van der Waals surface area contributed by atoms with Gasteiger partial charge in [0.25, 0.3) is 0 Å². The molecule has 0 amide bonds. The van der Waals surface area contributed by atoms with E-state index in [-0.39, 0.29) is 0 Å². The molecule has 0 unspecified atom stereocenters. The topological polar surface area (TPSA) is 36.9 Å². The van der Waals surface area contributed by atoms with Crippen LogP contribution in [0, 0.1) is 6.92 Å². The fraction of sp³-hybridized carbons (Fsp3) is 0.538. The second kappa shape index (κ2) is 13.0. The molecule has 168 valence electrons. The number of benzene rings is 1. The first-order valence-corrected chi connectivity index (χ1v) is 10.6. The Bertz CT molecular complexity index is 781. The molecule has 0 saturated carbocycles. The van der Waals surface area contributed by atoms with Crippen molar-refractivity contribution in [3.63, 3.8) is 0 Å². The van der Waals surface area contributed by atoms with Gasteiger partial charge >= 0.3 is 0 Å². The number of ether oxygens (including phenoxy) is 4. The van der Waals surface area contributed by atoms with E-state index >= 15 is 0 Å². The molecule has 1 aromatic carbocycles. The molecule has 0 saturated heterocycles. The second-order valence-corrected chi connectivity index (χ2v) is 7.90. The first-order chi connectivity index (χ1) is 14.3. The van der Waals surface area contributed by atoms with Gasteiger partial charge < -0.3 is 18.9 Å². The summed E-state index contributed by atoms with van der Waals surface area (Å²) in [4.78, 5) is 0. The van der Waals surface area contributed by atoms with Crippen molar-refractivity contribution in [3.05, 3.63) is 46.1 Å². The first-order valence-electron chi connectivity index (χ1n) is 10.6. The van der Waals surface area contributed by atoms with Crippen molar-refractivity contribution in [1.82, 2.24) is 0 Å². The van der Waals surface area contributed by atoms with Crippen LogP contribution in [0.1, 0.15) is 64.5 Å². The summed E-state index contributed by atoms with van der Waals surface area (Å²) in [6, 6.07) is 0. The van der Waals surface area contributed by atoms with Gasteiger partial charge in [-0.1, -0.05) is 34.9 Å². The maximum atomic E-state index is 5.69. The molecule has 4 heteroatoms. The van der Waals surface area contributed by atoms with Crippen LogP contribution in [0.25, 0.3) is 0 Å². The van der Waals surface area contributed by atoms with E-state index in [1.54, 1.807) is 28.4 Å². The van der Waals surface area contributed by atoms with Crippen LogP contribution in [0.15, 0.2) is 34.9 Å². The van der Waals surface area contributed by atoms with Crippen LogP contribution in [-0.4, -0.2) is 28.4 Å². The molecule has 1 aromatic rings.